The topological polar surface area (TPSA) is 103 Å². The Morgan fingerprint density at radius 3 is 0.429 bits per heavy atom. The summed E-state index contributed by atoms with van der Waals surface area (Å²) in [5, 5.41) is 0. The normalized spacial score (nSPS) is 13.1. The second-order valence-electron chi connectivity index (χ2n) is 14.1. The first-order valence-electron chi connectivity index (χ1n) is 19.4. The fourth-order valence-electron chi connectivity index (χ4n) is 7.12. The summed E-state index contributed by atoms with van der Waals surface area (Å²) in [4.78, 5) is 40.1. The molecule has 8 nitrogen and oxygen atoms in total. The van der Waals surface area contributed by atoms with Crippen molar-refractivity contribution in [2.45, 2.75) is 51.4 Å². The molecule has 0 spiro atoms. The summed E-state index contributed by atoms with van der Waals surface area (Å²) in [6.45, 7) is 0. The summed E-state index contributed by atoms with van der Waals surface area (Å²) < 4.78 is 0. The van der Waals surface area contributed by atoms with Crippen LogP contribution in [0.2, 0.25) is 0 Å². The molecule has 9 heterocycles. The van der Waals surface area contributed by atoms with Crippen LogP contribution < -0.4 is 0 Å². The molecular weight excluding hydrogens is 689 g/mol. The van der Waals surface area contributed by atoms with E-state index in [0.717, 1.165) is 142 Å². The fourth-order valence-corrected chi connectivity index (χ4v) is 7.12. The summed E-state index contributed by atoms with van der Waals surface area (Å²) >= 11 is 0. The Bertz CT molecular complexity index is 2090. The Hall–Kier alpha value is -6.80. The number of hydrogen-bond donors (Lipinski definition) is 0. The van der Waals surface area contributed by atoms with Crippen molar-refractivity contribution in [3.05, 3.63) is 191 Å². The van der Waals surface area contributed by atoms with Crippen LogP contribution in [0.1, 0.15) is 45.6 Å². The monoisotopic (exact) mass is 728 g/mol. The van der Waals surface area contributed by atoms with Crippen molar-refractivity contribution in [2.75, 3.05) is 0 Å². The van der Waals surface area contributed by atoms with Gasteiger partial charge in [-0.2, -0.15) is 0 Å². The van der Waals surface area contributed by atoms with Crippen molar-refractivity contribution in [3.63, 3.8) is 0 Å². The van der Waals surface area contributed by atoms with Crippen LogP contribution in [-0.4, -0.2) is 39.9 Å². The molecule has 0 aliphatic carbocycles. The third-order valence-corrected chi connectivity index (χ3v) is 10.1. The maximum atomic E-state index is 5.01. The van der Waals surface area contributed by atoms with E-state index in [1.165, 1.54) is 0 Å². The molecule has 0 saturated heterocycles. The van der Waals surface area contributed by atoms with E-state index in [1.807, 2.05) is 48.5 Å². The summed E-state index contributed by atoms with van der Waals surface area (Å²) in [7, 11) is 0. The van der Waals surface area contributed by atoms with Crippen LogP contribution in [0.5, 0.6) is 0 Å². The number of nitrogens with zero attached hydrogens (tertiary/aromatic N) is 8. The van der Waals surface area contributed by atoms with Crippen molar-refractivity contribution in [1.82, 2.24) is 39.9 Å². The van der Waals surface area contributed by atoms with Crippen LogP contribution >= 0.6 is 0 Å². The van der Waals surface area contributed by atoms with E-state index >= 15 is 0 Å². The Morgan fingerprint density at radius 2 is 0.304 bits per heavy atom. The largest absolute Gasteiger partial charge is 0.251 e. The summed E-state index contributed by atoms with van der Waals surface area (Å²) in [6.07, 6.45) is 6.14. The molecule has 0 fully saturated rings. The highest BCUT2D eigenvalue weighted by molar-refractivity contribution is 5.57. The fraction of sp³-hybridized carbons (Fsp3) is 0.167. The number of aromatic nitrogens is 8. The van der Waals surface area contributed by atoms with Gasteiger partial charge in [0, 0.05) is 45.6 Å². The molecule has 0 saturated carbocycles. The molecule has 272 valence electrons. The molecule has 0 N–H and O–H groups in total. The second kappa shape index (κ2) is 16.3. The van der Waals surface area contributed by atoms with Gasteiger partial charge in [-0.15, -0.1) is 0 Å². The summed E-state index contributed by atoms with van der Waals surface area (Å²) in [5.74, 6) is 0. The minimum atomic E-state index is 0.767. The van der Waals surface area contributed by atoms with Crippen LogP contribution in [0.15, 0.2) is 146 Å². The molecule has 56 heavy (non-hydrogen) atoms. The van der Waals surface area contributed by atoms with Crippen molar-refractivity contribution >= 4 is 0 Å². The van der Waals surface area contributed by atoms with E-state index in [1.54, 1.807) is 0 Å². The third-order valence-electron chi connectivity index (χ3n) is 10.1. The van der Waals surface area contributed by atoms with Gasteiger partial charge < -0.3 is 0 Å². The number of pyridine rings is 8. The van der Waals surface area contributed by atoms with E-state index in [-0.39, 0.29) is 0 Å². The Balaban J connectivity index is 1.02. The van der Waals surface area contributed by atoms with E-state index in [4.69, 9.17) is 39.9 Å². The van der Waals surface area contributed by atoms with E-state index in [0.29, 0.717) is 0 Å². The van der Waals surface area contributed by atoms with Gasteiger partial charge in [-0.25, -0.2) is 0 Å². The average Bonchev–Trinajstić information content (AvgIpc) is 3.27. The van der Waals surface area contributed by atoms with Gasteiger partial charge in [0.2, 0.25) is 0 Å². The van der Waals surface area contributed by atoms with Gasteiger partial charge in [-0.1, -0.05) is 48.5 Å². The first kappa shape index (κ1) is 34.9. The molecule has 8 aromatic heterocycles. The van der Waals surface area contributed by atoms with Gasteiger partial charge in [0.1, 0.15) is 0 Å². The molecule has 0 atom stereocenters. The predicted molar refractivity (Wildman–Crippen MR) is 220 cm³/mol. The van der Waals surface area contributed by atoms with Crippen LogP contribution in [0.3, 0.4) is 0 Å². The van der Waals surface area contributed by atoms with E-state index in [2.05, 4.69) is 97.1 Å². The molecule has 1 aliphatic heterocycles. The maximum Gasteiger partial charge on any atom is 0.0889 e. The average molecular weight is 729 g/mol. The minimum absolute atomic E-state index is 0.767. The highest BCUT2D eigenvalue weighted by atomic mass is 14.8. The van der Waals surface area contributed by atoms with Crippen LogP contribution in [-0.2, 0) is 51.4 Å². The van der Waals surface area contributed by atoms with Crippen molar-refractivity contribution < 1.29 is 0 Å². The third kappa shape index (κ3) is 8.45. The Morgan fingerprint density at radius 1 is 0.179 bits per heavy atom. The Kier molecular flexibility index (Phi) is 10.2. The molecule has 9 rings (SSSR count). The zero-order chi connectivity index (χ0) is 37.5. The number of rotatable bonds is 0. The van der Waals surface area contributed by atoms with Crippen LogP contribution in [0.4, 0.5) is 0 Å². The molecule has 1 aliphatic rings. The second-order valence-corrected chi connectivity index (χ2v) is 14.1. The van der Waals surface area contributed by atoms with Gasteiger partial charge >= 0.3 is 0 Å². The van der Waals surface area contributed by atoms with E-state index < -0.39 is 0 Å². The minimum Gasteiger partial charge on any atom is -0.251 e. The zero-order valence-corrected chi connectivity index (χ0v) is 31.1. The number of fused-ring (bicyclic) bond motifs is 20. The van der Waals surface area contributed by atoms with Crippen molar-refractivity contribution in [2.24, 2.45) is 0 Å². The highest BCUT2D eigenvalue weighted by Gasteiger charge is 2.11. The molecule has 16 bridgehead atoms. The van der Waals surface area contributed by atoms with Gasteiger partial charge in [0.15, 0.2) is 0 Å². The number of aryl methyl sites for hydroxylation is 8. The first-order chi connectivity index (χ1) is 27.7. The van der Waals surface area contributed by atoms with Gasteiger partial charge in [-0.3, -0.25) is 39.9 Å². The molecular formula is C48H40N8. The van der Waals surface area contributed by atoms with Gasteiger partial charge in [0.25, 0.3) is 0 Å². The van der Waals surface area contributed by atoms with Gasteiger partial charge in [-0.05, 0) is 148 Å². The lowest BCUT2D eigenvalue weighted by molar-refractivity contribution is 0.867. The van der Waals surface area contributed by atoms with Crippen molar-refractivity contribution in [3.8, 4) is 45.6 Å². The molecule has 0 aromatic carbocycles. The summed E-state index contributed by atoms with van der Waals surface area (Å²) in [6, 6.07) is 49.4. The molecule has 0 amide bonds. The molecule has 0 radical (unpaired) electrons. The van der Waals surface area contributed by atoms with Crippen molar-refractivity contribution in [1.29, 1.82) is 0 Å². The summed E-state index contributed by atoms with van der Waals surface area (Å²) in [5.41, 5.74) is 15.0. The van der Waals surface area contributed by atoms with E-state index in [9.17, 15) is 0 Å². The Labute approximate surface area is 327 Å². The maximum absolute atomic E-state index is 5.01. The lowest BCUT2D eigenvalue weighted by atomic mass is 10.1. The number of hydrogen-bond acceptors (Lipinski definition) is 8. The first-order valence-corrected chi connectivity index (χ1v) is 19.4. The standard InChI is InChI=1S/C48H40N8/c1-9-33-25-26-34-11-3-19-43(51-34)44-20-5-13-37(53-44)29-30-38-15-7-23-47(55-38)48-24-8-16-40(56-48)32-31-39-14-6-22-46(54-39)45-21-4-12-36(52-45)28-27-35-10-2-18-42(50-35)41(17-1)49-33/h1-24H,25-32H2. The highest BCUT2D eigenvalue weighted by Crippen LogP contribution is 2.22. The zero-order valence-electron chi connectivity index (χ0n) is 31.1. The van der Waals surface area contributed by atoms with Crippen LogP contribution in [0.25, 0.3) is 45.6 Å². The molecule has 0 unspecified atom stereocenters. The molecule has 8 aromatic rings. The lowest BCUT2D eigenvalue weighted by Crippen LogP contribution is -2.02. The SMILES string of the molecule is c1cc2nc(c1)-c1cccc(n1)CCc1cccc(n1)-c1cccc(n1)CCc1cccc(n1)-c1cccc(n1)CCc1cccc(n1)-c1cccc(n1)CC2. The molecule has 8 heteroatoms. The lowest BCUT2D eigenvalue weighted by Gasteiger charge is -2.09. The predicted octanol–water partition coefficient (Wildman–Crippen LogP) is 8.97. The van der Waals surface area contributed by atoms with Crippen LogP contribution in [0, 0.1) is 0 Å². The van der Waals surface area contributed by atoms with Gasteiger partial charge in [0.05, 0.1) is 45.6 Å². The quantitative estimate of drug-likeness (QED) is 0.153. The smallest absolute Gasteiger partial charge is 0.0889 e.